The van der Waals surface area contributed by atoms with Gasteiger partial charge in [0, 0.05) is 15.9 Å². The molecule has 2 aromatic rings. The number of carbonyl (C=O) groups is 2. The highest BCUT2D eigenvalue weighted by molar-refractivity contribution is 8.76. The van der Waals surface area contributed by atoms with Crippen molar-refractivity contribution < 1.29 is 24.7 Å². The second kappa shape index (κ2) is 7.77. The second-order valence-electron chi connectivity index (χ2n) is 4.48. The molecular formula is C14H8N2O7S2. The van der Waals surface area contributed by atoms with Crippen LogP contribution in [-0.2, 0) is 0 Å². The van der Waals surface area contributed by atoms with Gasteiger partial charge in [0.1, 0.15) is 11.3 Å². The van der Waals surface area contributed by atoms with E-state index < -0.39 is 28.1 Å². The third-order valence-electron chi connectivity index (χ3n) is 2.93. The van der Waals surface area contributed by atoms with E-state index in [0.29, 0.717) is 9.79 Å². The summed E-state index contributed by atoms with van der Waals surface area (Å²) in [4.78, 5) is 43.7. The van der Waals surface area contributed by atoms with Crippen molar-refractivity contribution in [3.8, 4) is 0 Å². The van der Waals surface area contributed by atoms with Crippen LogP contribution < -0.4 is 0 Å². The lowest BCUT2D eigenvalue weighted by atomic mass is 10.2. The molecule has 0 saturated heterocycles. The number of hydrogen-bond acceptors (Lipinski definition) is 8. The highest BCUT2D eigenvalue weighted by Gasteiger charge is 2.20. The third-order valence-corrected chi connectivity index (χ3v) is 5.31. The number of hydrogen-bond donors (Lipinski definition) is 2. The van der Waals surface area contributed by atoms with Gasteiger partial charge >= 0.3 is 11.9 Å². The normalized spacial score (nSPS) is 10.2. The first-order valence-electron chi connectivity index (χ1n) is 6.40. The topological polar surface area (TPSA) is 147 Å². The zero-order chi connectivity index (χ0) is 18.6. The summed E-state index contributed by atoms with van der Waals surface area (Å²) in [5.74, 6) is -2.72. The van der Waals surface area contributed by atoms with Crippen LogP contribution in [0.15, 0.2) is 51.4 Å². The molecule has 0 aliphatic heterocycles. The van der Waals surface area contributed by atoms with Gasteiger partial charge in [-0.3, -0.25) is 10.1 Å². The van der Waals surface area contributed by atoms with E-state index in [0.717, 1.165) is 33.7 Å². The van der Waals surface area contributed by atoms with E-state index in [2.05, 4.69) is 5.18 Å². The molecule has 0 bridgehead atoms. The van der Waals surface area contributed by atoms with Crippen LogP contribution in [0, 0.1) is 15.0 Å². The summed E-state index contributed by atoms with van der Waals surface area (Å²) in [5, 5.41) is 31.5. The highest BCUT2D eigenvalue weighted by atomic mass is 33.1. The predicted octanol–water partition coefficient (Wildman–Crippen LogP) is 4.19. The van der Waals surface area contributed by atoms with Crippen LogP contribution in [0.5, 0.6) is 0 Å². The van der Waals surface area contributed by atoms with E-state index in [1.807, 2.05) is 0 Å². The molecule has 0 aliphatic carbocycles. The summed E-state index contributed by atoms with van der Waals surface area (Å²) >= 11 is 0. The first-order chi connectivity index (χ1) is 11.8. The van der Waals surface area contributed by atoms with E-state index in [1.165, 1.54) is 24.3 Å². The van der Waals surface area contributed by atoms with Crippen LogP contribution in [0.4, 0.5) is 11.4 Å². The monoisotopic (exact) mass is 380 g/mol. The number of aromatic carboxylic acids is 2. The fourth-order valence-electron chi connectivity index (χ4n) is 1.81. The van der Waals surface area contributed by atoms with E-state index >= 15 is 0 Å². The maximum Gasteiger partial charge on any atom is 0.342 e. The number of rotatable bonds is 7. The van der Waals surface area contributed by atoms with Gasteiger partial charge in [0.2, 0.25) is 0 Å². The first kappa shape index (κ1) is 18.4. The van der Waals surface area contributed by atoms with Gasteiger partial charge in [0.25, 0.3) is 5.69 Å². The highest BCUT2D eigenvalue weighted by Crippen LogP contribution is 2.40. The molecule has 0 saturated carbocycles. The Morgan fingerprint density at radius 2 is 1.48 bits per heavy atom. The molecule has 0 atom stereocenters. The molecule has 2 rings (SSSR count). The second-order valence-corrected chi connectivity index (χ2v) is 6.76. The average Bonchev–Trinajstić information content (AvgIpc) is 2.59. The summed E-state index contributed by atoms with van der Waals surface area (Å²) in [6.45, 7) is 0. The van der Waals surface area contributed by atoms with E-state index in [9.17, 15) is 24.6 Å². The summed E-state index contributed by atoms with van der Waals surface area (Å²) in [6.07, 6.45) is 0. The number of nitroso groups, excluding NO2 is 1. The molecule has 0 heterocycles. The van der Waals surface area contributed by atoms with Gasteiger partial charge in [0.15, 0.2) is 0 Å². The molecule has 128 valence electrons. The lowest BCUT2D eigenvalue weighted by molar-refractivity contribution is -0.385. The lowest BCUT2D eigenvalue weighted by Gasteiger charge is -2.05. The Morgan fingerprint density at radius 3 is 1.96 bits per heavy atom. The molecule has 2 N–H and O–H groups in total. The smallest absolute Gasteiger partial charge is 0.342 e. The molecule has 0 unspecified atom stereocenters. The van der Waals surface area contributed by atoms with E-state index in [4.69, 9.17) is 10.2 Å². The maximum atomic E-state index is 11.1. The SMILES string of the molecule is O=Nc1ccc(SSc2ccc([N+](=O)[O-])c(C(=O)O)c2)cc1C(=O)O. The number of carboxylic acids is 2. The predicted molar refractivity (Wildman–Crippen MR) is 90.6 cm³/mol. The molecule has 0 spiro atoms. The molecule has 0 aromatic heterocycles. The minimum absolute atomic E-state index is 0.203. The quantitative estimate of drug-likeness (QED) is 0.312. The molecule has 25 heavy (non-hydrogen) atoms. The zero-order valence-electron chi connectivity index (χ0n) is 12.1. The Kier molecular flexibility index (Phi) is 5.72. The van der Waals surface area contributed by atoms with Crippen molar-refractivity contribution in [2.75, 3.05) is 0 Å². The summed E-state index contributed by atoms with van der Waals surface area (Å²) in [6, 6.07) is 7.66. The number of nitro groups is 1. The summed E-state index contributed by atoms with van der Waals surface area (Å²) < 4.78 is 0. The van der Waals surface area contributed by atoms with Crippen molar-refractivity contribution in [3.63, 3.8) is 0 Å². The van der Waals surface area contributed by atoms with Crippen LogP contribution in [0.2, 0.25) is 0 Å². The Balaban J connectivity index is 2.24. The Morgan fingerprint density at radius 1 is 0.960 bits per heavy atom. The lowest BCUT2D eigenvalue weighted by Crippen LogP contribution is -2.02. The molecular weight excluding hydrogens is 372 g/mol. The summed E-state index contributed by atoms with van der Waals surface area (Å²) in [5.41, 5.74) is -1.42. The number of nitrogens with zero attached hydrogens (tertiary/aromatic N) is 2. The Labute approximate surface area is 147 Å². The van der Waals surface area contributed by atoms with E-state index in [1.54, 1.807) is 0 Å². The number of carboxylic acid groups (broad SMARTS) is 2. The van der Waals surface area contributed by atoms with Gasteiger partial charge in [-0.1, -0.05) is 21.6 Å². The molecule has 0 amide bonds. The molecule has 0 fully saturated rings. The van der Waals surface area contributed by atoms with Crippen LogP contribution in [0.1, 0.15) is 20.7 Å². The van der Waals surface area contributed by atoms with Gasteiger partial charge in [-0.15, -0.1) is 4.91 Å². The number of nitro benzene ring substituents is 1. The average molecular weight is 380 g/mol. The van der Waals surface area contributed by atoms with Crippen molar-refractivity contribution in [2.45, 2.75) is 9.79 Å². The maximum absolute atomic E-state index is 11.1. The van der Waals surface area contributed by atoms with Crippen LogP contribution in [0.25, 0.3) is 0 Å². The summed E-state index contributed by atoms with van der Waals surface area (Å²) in [7, 11) is 2.19. The fourth-order valence-corrected chi connectivity index (χ4v) is 3.78. The van der Waals surface area contributed by atoms with Gasteiger partial charge in [-0.05, 0) is 35.5 Å². The molecule has 0 radical (unpaired) electrons. The molecule has 0 aliphatic rings. The van der Waals surface area contributed by atoms with Crippen LogP contribution in [0.3, 0.4) is 0 Å². The Hall–Kier alpha value is -2.92. The standard InChI is InChI=1S/C14H8N2O7S2/c17-13(18)9-5-7(1-3-11(9)15-21)24-25-8-2-4-12(16(22)23)10(6-8)14(19)20/h1-6H,(H,17,18)(H,19,20). The van der Waals surface area contributed by atoms with Crippen molar-refractivity contribution in [1.82, 2.24) is 0 Å². The fraction of sp³-hybridized carbons (Fsp3) is 0. The third kappa shape index (κ3) is 4.33. The first-order valence-corrected chi connectivity index (χ1v) is 8.55. The zero-order valence-corrected chi connectivity index (χ0v) is 13.7. The van der Waals surface area contributed by atoms with Crippen LogP contribution >= 0.6 is 21.6 Å². The molecule has 11 heteroatoms. The molecule has 2 aromatic carbocycles. The van der Waals surface area contributed by atoms with Crippen molar-refractivity contribution >= 4 is 44.9 Å². The van der Waals surface area contributed by atoms with Crippen molar-refractivity contribution in [1.29, 1.82) is 0 Å². The largest absolute Gasteiger partial charge is 0.478 e. The van der Waals surface area contributed by atoms with Gasteiger partial charge in [0.05, 0.1) is 10.5 Å². The van der Waals surface area contributed by atoms with Gasteiger partial charge in [-0.2, -0.15) is 0 Å². The van der Waals surface area contributed by atoms with Gasteiger partial charge < -0.3 is 10.2 Å². The van der Waals surface area contributed by atoms with Crippen LogP contribution in [-0.4, -0.2) is 27.1 Å². The van der Waals surface area contributed by atoms with E-state index in [-0.39, 0.29) is 11.3 Å². The van der Waals surface area contributed by atoms with Gasteiger partial charge in [-0.25, -0.2) is 9.59 Å². The Bertz CT molecular complexity index is 885. The minimum Gasteiger partial charge on any atom is -0.478 e. The van der Waals surface area contributed by atoms with Crippen molar-refractivity contribution in [3.05, 3.63) is 62.5 Å². The molecule has 9 nitrogen and oxygen atoms in total. The minimum atomic E-state index is -1.42. The number of benzene rings is 2. The van der Waals surface area contributed by atoms with Crippen molar-refractivity contribution in [2.24, 2.45) is 5.18 Å².